The molecule has 20 heavy (non-hydrogen) atoms. The molecule has 1 aliphatic rings. The van der Waals surface area contributed by atoms with Gasteiger partial charge in [-0.1, -0.05) is 42.5 Å². The first-order valence-corrected chi connectivity index (χ1v) is 6.65. The lowest BCUT2D eigenvalue weighted by atomic mass is 10.0. The van der Waals surface area contributed by atoms with Crippen molar-refractivity contribution in [3.63, 3.8) is 0 Å². The number of para-hydroxylation sites is 2. The van der Waals surface area contributed by atoms with Crippen molar-refractivity contribution in [2.45, 2.75) is 13.3 Å². The van der Waals surface area contributed by atoms with Crippen molar-refractivity contribution in [1.82, 2.24) is 0 Å². The van der Waals surface area contributed by atoms with E-state index in [1.807, 2.05) is 61.5 Å². The molecule has 2 aromatic carbocycles. The van der Waals surface area contributed by atoms with Gasteiger partial charge in [-0.2, -0.15) is 0 Å². The number of carbonyl (C=O) groups excluding carboxylic acids is 1. The fourth-order valence-electron chi connectivity index (χ4n) is 2.36. The van der Waals surface area contributed by atoms with E-state index in [4.69, 9.17) is 0 Å². The van der Waals surface area contributed by atoms with E-state index >= 15 is 0 Å². The monoisotopic (exact) mass is 264 g/mol. The predicted molar refractivity (Wildman–Crippen MR) is 81.5 cm³/mol. The zero-order chi connectivity index (χ0) is 13.9. The minimum absolute atomic E-state index is 0.0381. The van der Waals surface area contributed by atoms with Crippen LogP contribution in [-0.2, 0) is 11.2 Å². The minimum atomic E-state index is -0.0381. The van der Waals surface area contributed by atoms with Crippen LogP contribution in [0.15, 0.2) is 65.9 Å². The number of fused-ring (bicyclic) bond motifs is 1. The van der Waals surface area contributed by atoms with E-state index in [1.54, 1.807) is 0 Å². The molecule has 2 N–H and O–H groups in total. The van der Waals surface area contributed by atoms with Crippen molar-refractivity contribution < 1.29 is 4.79 Å². The Kier molecular flexibility index (Phi) is 3.25. The maximum atomic E-state index is 12.4. The fraction of sp³-hybridized carbons (Fsp3) is 0.118. The Morgan fingerprint density at radius 1 is 0.850 bits per heavy atom. The lowest BCUT2D eigenvalue weighted by Gasteiger charge is -2.09. The molecule has 0 spiro atoms. The summed E-state index contributed by atoms with van der Waals surface area (Å²) in [6.07, 6.45) is 0.624. The van der Waals surface area contributed by atoms with Crippen LogP contribution in [0.4, 0.5) is 11.4 Å². The van der Waals surface area contributed by atoms with Crippen LogP contribution in [0.3, 0.4) is 0 Å². The van der Waals surface area contributed by atoms with Crippen molar-refractivity contribution in [2.24, 2.45) is 0 Å². The standard InChI is InChI=1S/C17H16N2O/c1-12-14(11-13-7-3-2-4-8-13)17(20)19-16-10-6-5-9-15(16)18-12/h2-10,18H,11H2,1H3,(H,19,20). The van der Waals surface area contributed by atoms with Crippen LogP contribution in [0.1, 0.15) is 12.5 Å². The number of rotatable bonds is 2. The zero-order valence-electron chi connectivity index (χ0n) is 11.3. The number of benzene rings is 2. The molecule has 0 saturated heterocycles. The first kappa shape index (κ1) is 12.5. The van der Waals surface area contributed by atoms with E-state index in [2.05, 4.69) is 10.6 Å². The molecule has 0 radical (unpaired) electrons. The van der Waals surface area contributed by atoms with Gasteiger partial charge in [-0.25, -0.2) is 0 Å². The van der Waals surface area contributed by atoms with Crippen LogP contribution in [0, 0.1) is 0 Å². The number of allylic oxidation sites excluding steroid dienone is 1. The molecule has 1 aliphatic heterocycles. The summed E-state index contributed by atoms with van der Waals surface area (Å²) in [6.45, 7) is 1.94. The molecular formula is C17H16N2O. The van der Waals surface area contributed by atoms with Gasteiger partial charge in [0, 0.05) is 17.7 Å². The predicted octanol–water partition coefficient (Wildman–Crippen LogP) is 3.57. The summed E-state index contributed by atoms with van der Waals surface area (Å²) in [5.41, 5.74) is 4.55. The van der Waals surface area contributed by atoms with Gasteiger partial charge in [0.05, 0.1) is 11.4 Å². The summed E-state index contributed by atoms with van der Waals surface area (Å²) >= 11 is 0. The quantitative estimate of drug-likeness (QED) is 0.870. The van der Waals surface area contributed by atoms with Crippen molar-refractivity contribution in [2.75, 3.05) is 10.6 Å². The van der Waals surface area contributed by atoms with Crippen LogP contribution in [0.2, 0.25) is 0 Å². The Labute approximate surface area is 118 Å². The second-order valence-electron chi connectivity index (χ2n) is 4.89. The topological polar surface area (TPSA) is 41.1 Å². The first-order valence-electron chi connectivity index (χ1n) is 6.65. The van der Waals surface area contributed by atoms with Crippen LogP contribution >= 0.6 is 0 Å². The van der Waals surface area contributed by atoms with E-state index in [9.17, 15) is 4.79 Å². The van der Waals surface area contributed by atoms with E-state index < -0.39 is 0 Å². The van der Waals surface area contributed by atoms with Gasteiger partial charge in [0.15, 0.2) is 0 Å². The molecule has 100 valence electrons. The molecule has 1 amide bonds. The molecule has 2 aromatic rings. The Bertz CT molecular complexity index is 674. The summed E-state index contributed by atoms with van der Waals surface area (Å²) in [5, 5.41) is 6.28. The van der Waals surface area contributed by atoms with Gasteiger partial charge in [0.1, 0.15) is 0 Å². The van der Waals surface area contributed by atoms with Crippen LogP contribution in [0.5, 0.6) is 0 Å². The fourth-order valence-corrected chi connectivity index (χ4v) is 2.36. The molecule has 3 nitrogen and oxygen atoms in total. The van der Waals surface area contributed by atoms with Gasteiger partial charge in [-0.3, -0.25) is 4.79 Å². The van der Waals surface area contributed by atoms with E-state index in [1.165, 1.54) is 0 Å². The number of amides is 1. The highest BCUT2D eigenvalue weighted by atomic mass is 16.1. The Morgan fingerprint density at radius 3 is 2.15 bits per heavy atom. The lowest BCUT2D eigenvalue weighted by molar-refractivity contribution is -0.113. The van der Waals surface area contributed by atoms with Crippen LogP contribution in [-0.4, -0.2) is 5.91 Å². The molecule has 1 heterocycles. The van der Waals surface area contributed by atoms with Crippen LogP contribution < -0.4 is 10.6 Å². The molecule has 0 bridgehead atoms. The molecule has 3 rings (SSSR count). The smallest absolute Gasteiger partial charge is 0.253 e. The summed E-state index contributed by atoms with van der Waals surface area (Å²) < 4.78 is 0. The molecular weight excluding hydrogens is 248 g/mol. The molecule has 0 atom stereocenters. The van der Waals surface area contributed by atoms with Gasteiger partial charge in [-0.05, 0) is 24.6 Å². The summed E-state index contributed by atoms with van der Waals surface area (Å²) in [6, 6.07) is 17.8. The van der Waals surface area contributed by atoms with Gasteiger partial charge in [0.2, 0.25) is 0 Å². The molecule has 0 aromatic heterocycles. The molecule has 0 unspecified atom stereocenters. The second kappa shape index (κ2) is 5.21. The highest BCUT2D eigenvalue weighted by Gasteiger charge is 2.19. The molecule has 0 fully saturated rings. The van der Waals surface area contributed by atoms with Gasteiger partial charge >= 0.3 is 0 Å². The second-order valence-corrected chi connectivity index (χ2v) is 4.89. The van der Waals surface area contributed by atoms with E-state index in [0.29, 0.717) is 6.42 Å². The number of hydrogen-bond acceptors (Lipinski definition) is 2. The van der Waals surface area contributed by atoms with Gasteiger partial charge in [-0.15, -0.1) is 0 Å². The summed E-state index contributed by atoms with van der Waals surface area (Å²) in [5.74, 6) is -0.0381. The highest BCUT2D eigenvalue weighted by Crippen LogP contribution is 2.28. The Morgan fingerprint density at radius 2 is 1.45 bits per heavy atom. The number of anilines is 2. The summed E-state index contributed by atoms with van der Waals surface area (Å²) in [4.78, 5) is 12.4. The van der Waals surface area contributed by atoms with Gasteiger partial charge in [0.25, 0.3) is 5.91 Å². The summed E-state index contributed by atoms with van der Waals surface area (Å²) in [7, 11) is 0. The Balaban J connectivity index is 1.94. The SMILES string of the molecule is CC1=C(Cc2ccccc2)C(=O)Nc2ccccc2N1. The maximum Gasteiger partial charge on any atom is 0.253 e. The number of nitrogens with one attached hydrogen (secondary N) is 2. The zero-order valence-corrected chi connectivity index (χ0v) is 11.3. The van der Waals surface area contributed by atoms with Crippen molar-refractivity contribution in [3.05, 3.63) is 71.4 Å². The lowest BCUT2D eigenvalue weighted by Crippen LogP contribution is -2.16. The van der Waals surface area contributed by atoms with Crippen LogP contribution in [0.25, 0.3) is 0 Å². The van der Waals surface area contributed by atoms with Crippen molar-refractivity contribution in [3.8, 4) is 0 Å². The van der Waals surface area contributed by atoms with E-state index in [0.717, 1.165) is 28.2 Å². The molecule has 0 saturated carbocycles. The largest absolute Gasteiger partial charge is 0.357 e. The third-order valence-electron chi connectivity index (χ3n) is 3.45. The van der Waals surface area contributed by atoms with Crippen molar-refractivity contribution >= 4 is 17.3 Å². The maximum absolute atomic E-state index is 12.4. The minimum Gasteiger partial charge on any atom is -0.357 e. The number of carbonyl (C=O) groups is 1. The Hall–Kier alpha value is -2.55. The van der Waals surface area contributed by atoms with Gasteiger partial charge < -0.3 is 10.6 Å². The van der Waals surface area contributed by atoms with Crippen molar-refractivity contribution in [1.29, 1.82) is 0 Å². The third-order valence-corrected chi connectivity index (χ3v) is 3.45. The number of hydrogen-bond donors (Lipinski definition) is 2. The highest BCUT2D eigenvalue weighted by molar-refractivity contribution is 6.08. The first-order chi connectivity index (χ1) is 9.74. The normalized spacial score (nSPS) is 14.2. The van der Waals surface area contributed by atoms with E-state index in [-0.39, 0.29) is 5.91 Å². The average Bonchev–Trinajstić information content (AvgIpc) is 2.58. The molecule has 3 heteroatoms. The molecule has 0 aliphatic carbocycles. The average molecular weight is 264 g/mol. The third kappa shape index (κ3) is 2.43.